The lowest BCUT2D eigenvalue weighted by Gasteiger charge is -2.07. The van der Waals surface area contributed by atoms with E-state index < -0.39 is 11.7 Å². The van der Waals surface area contributed by atoms with Gasteiger partial charge in [-0.15, -0.1) is 0 Å². The molecule has 0 radical (unpaired) electrons. The Kier molecular flexibility index (Phi) is 3.28. The minimum atomic E-state index is -4.34. The zero-order valence-corrected chi connectivity index (χ0v) is 11.6. The van der Waals surface area contributed by atoms with Gasteiger partial charge in [0, 0.05) is 12.3 Å². The van der Waals surface area contributed by atoms with E-state index in [1.54, 1.807) is 24.3 Å². The van der Waals surface area contributed by atoms with Crippen molar-refractivity contribution in [1.29, 1.82) is 0 Å². The van der Waals surface area contributed by atoms with Crippen LogP contribution in [0.2, 0.25) is 0 Å². The third kappa shape index (κ3) is 2.62. The predicted octanol–water partition coefficient (Wildman–Crippen LogP) is 5.32. The van der Waals surface area contributed by atoms with Crippen molar-refractivity contribution in [3.8, 4) is 11.1 Å². The van der Waals surface area contributed by atoms with E-state index in [1.165, 1.54) is 19.1 Å². The minimum Gasteiger partial charge on any atom is -0.453 e. The van der Waals surface area contributed by atoms with E-state index in [0.717, 1.165) is 23.1 Å². The van der Waals surface area contributed by atoms with Gasteiger partial charge in [-0.05, 0) is 41.5 Å². The van der Waals surface area contributed by atoms with Crippen LogP contribution in [-0.4, -0.2) is 5.78 Å². The van der Waals surface area contributed by atoms with Crippen LogP contribution < -0.4 is 0 Å². The van der Waals surface area contributed by atoms with Crippen LogP contribution in [0, 0.1) is 0 Å². The van der Waals surface area contributed by atoms with Crippen LogP contribution >= 0.6 is 0 Å². The first kappa shape index (κ1) is 14.4. The second kappa shape index (κ2) is 5.02. The topological polar surface area (TPSA) is 30.2 Å². The fourth-order valence-electron chi connectivity index (χ4n) is 2.25. The van der Waals surface area contributed by atoms with E-state index in [4.69, 9.17) is 4.42 Å². The lowest BCUT2D eigenvalue weighted by Crippen LogP contribution is -2.03. The van der Waals surface area contributed by atoms with Gasteiger partial charge >= 0.3 is 6.18 Å². The van der Waals surface area contributed by atoms with Crippen molar-refractivity contribution in [2.24, 2.45) is 0 Å². The Hall–Kier alpha value is -2.56. The summed E-state index contributed by atoms with van der Waals surface area (Å²) in [6.07, 6.45) is -4.34. The number of alkyl halides is 3. The van der Waals surface area contributed by atoms with Crippen molar-refractivity contribution in [1.82, 2.24) is 0 Å². The van der Waals surface area contributed by atoms with Gasteiger partial charge in [0.2, 0.25) is 0 Å². The molecule has 0 saturated carbocycles. The predicted molar refractivity (Wildman–Crippen MR) is 76.7 cm³/mol. The van der Waals surface area contributed by atoms with Crippen LogP contribution in [0.1, 0.15) is 23.0 Å². The molecule has 0 aliphatic rings. The van der Waals surface area contributed by atoms with E-state index in [-0.39, 0.29) is 11.5 Å². The van der Waals surface area contributed by atoms with E-state index in [2.05, 4.69) is 0 Å². The number of benzene rings is 2. The van der Waals surface area contributed by atoms with Crippen LogP contribution in [-0.2, 0) is 6.18 Å². The average Bonchev–Trinajstić information content (AvgIpc) is 2.89. The summed E-state index contributed by atoms with van der Waals surface area (Å²) in [6, 6.07) is 11.8. The standard InChI is InChI=1S/C17H11F3O2/c1-10(21)16-9-13-8-12(4-7-15(13)22-16)11-2-5-14(6-3-11)17(18,19)20/h2-9H,1H3. The van der Waals surface area contributed by atoms with Gasteiger partial charge in [0.25, 0.3) is 0 Å². The minimum absolute atomic E-state index is 0.174. The molecule has 5 heteroatoms. The summed E-state index contributed by atoms with van der Waals surface area (Å²) in [5.74, 6) is 0.0897. The Labute approximate surface area is 124 Å². The third-order valence-corrected chi connectivity index (χ3v) is 3.41. The van der Waals surface area contributed by atoms with Crippen molar-refractivity contribution in [3.05, 3.63) is 59.9 Å². The average molecular weight is 304 g/mol. The molecule has 0 aliphatic carbocycles. The second-order valence-electron chi connectivity index (χ2n) is 4.99. The summed E-state index contributed by atoms with van der Waals surface area (Å²) in [5.41, 5.74) is 1.32. The number of hydrogen-bond acceptors (Lipinski definition) is 2. The molecule has 0 atom stereocenters. The van der Waals surface area contributed by atoms with Crippen LogP contribution in [0.3, 0.4) is 0 Å². The molecule has 0 amide bonds. The van der Waals surface area contributed by atoms with E-state index in [0.29, 0.717) is 11.1 Å². The highest BCUT2D eigenvalue weighted by Crippen LogP contribution is 2.32. The number of halogens is 3. The summed E-state index contributed by atoms with van der Waals surface area (Å²) in [7, 11) is 0. The zero-order valence-electron chi connectivity index (χ0n) is 11.6. The van der Waals surface area contributed by atoms with E-state index in [9.17, 15) is 18.0 Å². The van der Waals surface area contributed by atoms with Crippen molar-refractivity contribution in [2.75, 3.05) is 0 Å². The number of carbonyl (C=O) groups excluding carboxylic acids is 1. The number of fused-ring (bicyclic) bond motifs is 1. The van der Waals surface area contributed by atoms with Gasteiger partial charge in [0.15, 0.2) is 11.5 Å². The number of rotatable bonds is 2. The summed E-state index contributed by atoms with van der Waals surface area (Å²) in [6.45, 7) is 1.41. The molecular weight excluding hydrogens is 293 g/mol. The maximum absolute atomic E-state index is 12.6. The molecule has 0 unspecified atom stereocenters. The number of carbonyl (C=O) groups is 1. The highest BCUT2D eigenvalue weighted by molar-refractivity contribution is 5.96. The summed E-state index contributed by atoms with van der Waals surface area (Å²) in [5, 5.41) is 0.739. The molecule has 0 spiro atoms. The number of Topliss-reactive ketones (excluding diaryl/α,β-unsaturated/α-hetero) is 1. The molecule has 0 aliphatic heterocycles. The molecule has 112 valence electrons. The molecule has 2 aromatic carbocycles. The monoisotopic (exact) mass is 304 g/mol. The molecule has 0 fully saturated rings. The van der Waals surface area contributed by atoms with Crippen molar-refractivity contribution < 1.29 is 22.4 Å². The van der Waals surface area contributed by atoms with Crippen LogP contribution in [0.25, 0.3) is 22.1 Å². The normalized spacial score (nSPS) is 11.8. The molecule has 3 rings (SSSR count). The van der Waals surface area contributed by atoms with Gasteiger partial charge in [-0.2, -0.15) is 13.2 Å². The zero-order chi connectivity index (χ0) is 15.9. The molecule has 22 heavy (non-hydrogen) atoms. The van der Waals surface area contributed by atoms with Crippen molar-refractivity contribution in [2.45, 2.75) is 13.1 Å². The van der Waals surface area contributed by atoms with E-state index in [1.807, 2.05) is 0 Å². The van der Waals surface area contributed by atoms with Gasteiger partial charge in [-0.25, -0.2) is 0 Å². The maximum atomic E-state index is 12.6. The number of ketones is 1. The lowest BCUT2D eigenvalue weighted by molar-refractivity contribution is -0.137. The number of furan rings is 1. The van der Waals surface area contributed by atoms with Crippen LogP contribution in [0.4, 0.5) is 13.2 Å². The molecule has 1 aromatic heterocycles. The summed E-state index contributed by atoms with van der Waals surface area (Å²) in [4.78, 5) is 11.3. The third-order valence-electron chi connectivity index (χ3n) is 3.41. The maximum Gasteiger partial charge on any atom is 0.416 e. The van der Waals surface area contributed by atoms with E-state index >= 15 is 0 Å². The van der Waals surface area contributed by atoms with Gasteiger partial charge in [-0.1, -0.05) is 18.2 Å². The molecular formula is C17H11F3O2. The quantitative estimate of drug-likeness (QED) is 0.600. The molecule has 1 heterocycles. The van der Waals surface area contributed by atoms with Gasteiger partial charge in [-0.3, -0.25) is 4.79 Å². The highest BCUT2D eigenvalue weighted by atomic mass is 19.4. The Morgan fingerprint density at radius 1 is 0.955 bits per heavy atom. The fraction of sp³-hybridized carbons (Fsp3) is 0.118. The van der Waals surface area contributed by atoms with Gasteiger partial charge < -0.3 is 4.42 Å². The first-order valence-corrected chi connectivity index (χ1v) is 6.57. The molecule has 0 N–H and O–H groups in total. The smallest absolute Gasteiger partial charge is 0.416 e. The Morgan fingerprint density at radius 2 is 1.59 bits per heavy atom. The highest BCUT2D eigenvalue weighted by Gasteiger charge is 2.29. The Morgan fingerprint density at radius 3 is 2.18 bits per heavy atom. The van der Waals surface area contributed by atoms with Gasteiger partial charge in [0.05, 0.1) is 5.56 Å². The first-order chi connectivity index (χ1) is 10.3. The van der Waals surface area contributed by atoms with Crippen molar-refractivity contribution in [3.63, 3.8) is 0 Å². The first-order valence-electron chi connectivity index (χ1n) is 6.57. The molecule has 0 saturated heterocycles. The second-order valence-corrected chi connectivity index (χ2v) is 4.99. The SMILES string of the molecule is CC(=O)c1cc2cc(-c3ccc(C(F)(F)F)cc3)ccc2o1. The summed E-state index contributed by atoms with van der Waals surface area (Å²) >= 11 is 0. The largest absolute Gasteiger partial charge is 0.453 e. The Balaban J connectivity index is 2.01. The van der Waals surface area contributed by atoms with Gasteiger partial charge in [0.1, 0.15) is 5.58 Å². The molecule has 2 nitrogen and oxygen atoms in total. The lowest BCUT2D eigenvalue weighted by atomic mass is 10.0. The van der Waals surface area contributed by atoms with Crippen LogP contribution in [0.5, 0.6) is 0 Å². The fourth-order valence-corrected chi connectivity index (χ4v) is 2.25. The molecule has 3 aromatic rings. The summed E-state index contributed by atoms with van der Waals surface area (Å²) < 4.78 is 43.1. The molecule has 0 bridgehead atoms. The number of hydrogen-bond donors (Lipinski definition) is 0. The van der Waals surface area contributed by atoms with Crippen molar-refractivity contribution >= 4 is 16.8 Å². The Bertz CT molecular complexity index is 842. The van der Waals surface area contributed by atoms with Crippen LogP contribution in [0.15, 0.2) is 52.9 Å².